The number of anilines is 1. The molecule has 0 radical (unpaired) electrons. The number of hydrogen-bond donors (Lipinski definition) is 1. The van der Waals surface area contributed by atoms with Gasteiger partial charge in [-0.15, -0.1) is 11.3 Å². The molecule has 10 heteroatoms. The van der Waals surface area contributed by atoms with E-state index in [0.717, 1.165) is 18.4 Å². The predicted octanol–water partition coefficient (Wildman–Crippen LogP) is 3.75. The van der Waals surface area contributed by atoms with Crippen molar-refractivity contribution >= 4 is 32.4 Å². The Hall–Kier alpha value is -2.82. The molecule has 0 saturated carbocycles. The monoisotopic (exact) mass is 461 g/mol. The summed E-state index contributed by atoms with van der Waals surface area (Å²) in [6, 6.07) is 12.4. The molecule has 1 aromatic heterocycles. The molecule has 0 aliphatic carbocycles. The zero-order chi connectivity index (χ0) is 21.8. The van der Waals surface area contributed by atoms with Crippen molar-refractivity contribution in [1.29, 1.82) is 0 Å². The Morgan fingerprint density at radius 1 is 1.13 bits per heavy atom. The minimum atomic E-state index is -3.46. The molecule has 2 heterocycles. The van der Waals surface area contributed by atoms with Gasteiger partial charge in [0, 0.05) is 24.0 Å². The molecule has 162 valence electrons. The van der Waals surface area contributed by atoms with Crippen LogP contribution in [-0.2, 0) is 14.8 Å². The van der Waals surface area contributed by atoms with Gasteiger partial charge in [0.1, 0.15) is 0 Å². The summed E-state index contributed by atoms with van der Waals surface area (Å²) in [6.45, 7) is 0.763. The third-order valence-corrected chi connectivity index (χ3v) is 7.47. The molecule has 0 unspecified atom stereocenters. The maximum Gasteiger partial charge on any atom is 0.264 e. The van der Waals surface area contributed by atoms with Crippen LogP contribution in [0, 0.1) is 5.82 Å². The number of rotatable bonds is 7. The lowest BCUT2D eigenvalue weighted by atomic mass is 10.2. The topological polar surface area (TPSA) is 88.6 Å². The lowest BCUT2D eigenvalue weighted by Crippen LogP contribution is -2.27. The summed E-state index contributed by atoms with van der Waals surface area (Å²) in [4.78, 5) is 16.7. The minimum absolute atomic E-state index is 0.00134. The van der Waals surface area contributed by atoms with Crippen LogP contribution >= 0.6 is 11.3 Å². The Labute approximate surface area is 183 Å². The standard InChI is InChI=1S/C21H20FN3O4S2/c22-17-5-1-2-6-19(17)29-13-20(26)24-21-23-18(14-30-21)15-7-9-16(10-8-15)31(27,28)25-11-3-4-12-25/h1-2,5-10,14H,3-4,11-13H2,(H,23,24,26). The van der Waals surface area contributed by atoms with Gasteiger partial charge < -0.3 is 4.74 Å². The van der Waals surface area contributed by atoms with Crippen LogP contribution in [0.2, 0.25) is 0 Å². The number of benzene rings is 2. The van der Waals surface area contributed by atoms with Crippen molar-refractivity contribution < 1.29 is 22.3 Å². The third-order valence-electron chi connectivity index (χ3n) is 4.80. The number of halogens is 1. The highest BCUT2D eigenvalue weighted by Crippen LogP contribution is 2.27. The van der Waals surface area contributed by atoms with Crippen molar-refractivity contribution in [1.82, 2.24) is 9.29 Å². The van der Waals surface area contributed by atoms with Crippen molar-refractivity contribution in [2.45, 2.75) is 17.7 Å². The first kappa shape index (κ1) is 21.4. The molecule has 1 aliphatic rings. The predicted molar refractivity (Wildman–Crippen MR) is 116 cm³/mol. The fourth-order valence-electron chi connectivity index (χ4n) is 3.20. The van der Waals surface area contributed by atoms with Crippen LogP contribution in [0.5, 0.6) is 5.75 Å². The van der Waals surface area contributed by atoms with Crippen LogP contribution in [0.1, 0.15) is 12.8 Å². The second-order valence-corrected chi connectivity index (χ2v) is 9.74. The quantitative estimate of drug-likeness (QED) is 0.579. The molecular weight excluding hydrogens is 441 g/mol. The summed E-state index contributed by atoms with van der Waals surface area (Å²) in [5, 5.41) is 4.74. The van der Waals surface area contributed by atoms with E-state index >= 15 is 0 Å². The Morgan fingerprint density at radius 3 is 2.55 bits per heavy atom. The van der Waals surface area contributed by atoms with Gasteiger partial charge >= 0.3 is 0 Å². The van der Waals surface area contributed by atoms with Crippen molar-refractivity contribution in [3.63, 3.8) is 0 Å². The molecule has 1 fully saturated rings. The first-order chi connectivity index (χ1) is 14.9. The molecule has 3 aromatic rings. The summed E-state index contributed by atoms with van der Waals surface area (Å²) >= 11 is 1.23. The number of sulfonamides is 1. The van der Waals surface area contributed by atoms with Gasteiger partial charge in [-0.25, -0.2) is 17.8 Å². The van der Waals surface area contributed by atoms with E-state index in [1.165, 1.54) is 33.8 Å². The van der Waals surface area contributed by atoms with Crippen molar-refractivity contribution in [3.05, 3.63) is 59.7 Å². The van der Waals surface area contributed by atoms with Gasteiger partial charge in [0.25, 0.3) is 5.91 Å². The van der Waals surface area contributed by atoms with Crippen molar-refractivity contribution in [3.8, 4) is 17.0 Å². The van der Waals surface area contributed by atoms with Crippen LogP contribution < -0.4 is 10.1 Å². The van der Waals surface area contributed by atoms with Gasteiger partial charge in [-0.3, -0.25) is 10.1 Å². The Kier molecular flexibility index (Phi) is 6.30. The van der Waals surface area contributed by atoms with Crippen LogP contribution in [0.4, 0.5) is 9.52 Å². The molecule has 31 heavy (non-hydrogen) atoms. The zero-order valence-corrected chi connectivity index (χ0v) is 18.1. The SMILES string of the molecule is O=C(COc1ccccc1F)Nc1nc(-c2ccc(S(=O)(=O)N3CCCC3)cc2)cs1. The smallest absolute Gasteiger partial charge is 0.264 e. The van der Waals surface area contributed by atoms with E-state index in [9.17, 15) is 17.6 Å². The Morgan fingerprint density at radius 2 is 1.84 bits per heavy atom. The van der Waals surface area contributed by atoms with Crippen molar-refractivity contribution in [2.24, 2.45) is 0 Å². The lowest BCUT2D eigenvalue weighted by molar-refractivity contribution is -0.118. The molecule has 0 atom stereocenters. The summed E-state index contributed by atoms with van der Waals surface area (Å²) in [5.41, 5.74) is 1.35. The zero-order valence-electron chi connectivity index (χ0n) is 16.5. The second kappa shape index (κ2) is 9.13. The van der Waals surface area contributed by atoms with Gasteiger partial charge in [0.15, 0.2) is 23.3 Å². The number of nitrogens with zero attached hydrogens (tertiary/aromatic N) is 2. The number of thiazole rings is 1. The average Bonchev–Trinajstić information content (AvgIpc) is 3.46. The summed E-state index contributed by atoms with van der Waals surface area (Å²) in [7, 11) is -3.46. The second-order valence-electron chi connectivity index (χ2n) is 6.94. The van der Waals surface area contributed by atoms with Gasteiger partial charge in [-0.2, -0.15) is 4.31 Å². The van der Waals surface area contributed by atoms with E-state index in [1.807, 2.05) is 0 Å². The van der Waals surface area contributed by atoms with E-state index in [2.05, 4.69) is 10.3 Å². The Bertz CT molecular complexity index is 1170. The molecule has 1 saturated heterocycles. The van der Waals surface area contributed by atoms with E-state index in [0.29, 0.717) is 23.9 Å². The van der Waals surface area contributed by atoms with Crippen LogP contribution in [0.3, 0.4) is 0 Å². The molecule has 0 bridgehead atoms. The van der Waals surface area contributed by atoms with Gasteiger partial charge in [-0.1, -0.05) is 24.3 Å². The number of aromatic nitrogens is 1. The minimum Gasteiger partial charge on any atom is -0.481 e. The summed E-state index contributed by atoms with van der Waals surface area (Å²) in [5.74, 6) is -1.00. The van der Waals surface area contributed by atoms with Gasteiger partial charge in [-0.05, 0) is 37.1 Å². The molecule has 2 aromatic carbocycles. The first-order valence-electron chi connectivity index (χ1n) is 9.67. The molecule has 1 amide bonds. The van der Waals surface area contributed by atoms with Gasteiger partial charge in [0.2, 0.25) is 10.0 Å². The number of carbonyl (C=O) groups is 1. The van der Waals surface area contributed by atoms with E-state index in [4.69, 9.17) is 4.74 Å². The molecule has 1 aliphatic heterocycles. The molecule has 0 spiro atoms. The average molecular weight is 462 g/mol. The number of hydrogen-bond acceptors (Lipinski definition) is 6. The third kappa shape index (κ3) is 4.92. The normalized spacial score (nSPS) is 14.5. The van der Waals surface area contributed by atoms with Crippen LogP contribution in [-0.4, -0.2) is 43.3 Å². The number of carbonyl (C=O) groups excluding carboxylic acids is 1. The molecule has 7 nitrogen and oxygen atoms in total. The van der Waals surface area contributed by atoms with E-state index in [-0.39, 0.29) is 17.3 Å². The van der Waals surface area contributed by atoms with E-state index < -0.39 is 21.7 Å². The summed E-state index contributed by atoms with van der Waals surface area (Å²) in [6.07, 6.45) is 1.77. The molecule has 4 rings (SSSR count). The molecule has 1 N–H and O–H groups in total. The molecular formula is C21H20FN3O4S2. The highest BCUT2D eigenvalue weighted by Gasteiger charge is 2.27. The number of ether oxygens (including phenoxy) is 1. The number of para-hydroxylation sites is 1. The van der Waals surface area contributed by atoms with Crippen LogP contribution in [0.25, 0.3) is 11.3 Å². The number of amides is 1. The van der Waals surface area contributed by atoms with Crippen LogP contribution in [0.15, 0.2) is 58.8 Å². The lowest BCUT2D eigenvalue weighted by Gasteiger charge is -2.15. The first-order valence-corrected chi connectivity index (χ1v) is 12.0. The largest absolute Gasteiger partial charge is 0.481 e. The van der Waals surface area contributed by atoms with Crippen molar-refractivity contribution in [2.75, 3.05) is 25.0 Å². The fraction of sp³-hybridized carbons (Fsp3) is 0.238. The Balaban J connectivity index is 1.38. The fourth-order valence-corrected chi connectivity index (χ4v) is 5.45. The highest BCUT2D eigenvalue weighted by molar-refractivity contribution is 7.89. The number of nitrogens with one attached hydrogen (secondary N) is 1. The maximum atomic E-state index is 13.5. The van der Waals surface area contributed by atoms with E-state index in [1.54, 1.807) is 35.7 Å². The summed E-state index contributed by atoms with van der Waals surface area (Å²) < 4.78 is 45.5. The highest BCUT2D eigenvalue weighted by atomic mass is 32.2. The van der Waals surface area contributed by atoms with Gasteiger partial charge in [0.05, 0.1) is 10.6 Å². The maximum absolute atomic E-state index is 13.5.